The van der Waals surface area contributed by atoms with E-state index in [2.05, 4.69) is 20.9 Å². The van der Waals surface area contributed by atoms with Gasteiger partial charge in [-0.2, -0.15) is 0 Å². The second kappa shape index (κ2) is 5.15. The Morgan fingerprint density at radius 1 is 1.05 bits per heavy atom. The molecule has 0 spiro atoms. The summed E-state index contributed by atoms with van der Waals surface area (Å²) in [7, 11) is 0. The SMILES string of the molecule is Fc1cc2[nH]c(=S)n(-c3cc(F)c(Br)cc3F)c2cc1Cl. The standard InChI is InChI=1S/C13H5BrClF3N2S/c14-5-1-9(18)11(4-7(5)16)20-12-2-6(15)8(17)3-10(12)19-13(20)21/h1-4H,(H,19,21). The number of fused-ring (bicyclic) bond motifs is 1. The van der Waals surface area contributed by atoms with E-state index in [-0.39, 0.29) is 20.0 Å². The van der Waals surface area contributed by atoms with Crippen LogP contribution in [0, 0.1) is 22.2 Å². The third-order valence-electron chi connectivity index (χ3n) is 2.95. The number of aromatic nitrogens is 2. The number of nitrogens with zero attached hydrogens (tertiary/aromatic N) is 1. The summed E-state index contributed by atoms with van der Waals surface area (Å²) in [5.41, 5.74) is 0.603. The van der Waals surface area contributed by atoms with Crippen molar-refractivity contribution < 1.29 is 13.2 Å². The first-order chi connectivity index (χ1) is 9.88. The Hall–Kier alpha value is -1.31. The lowest BCUT2D eigenvalue weighted by molar-refractivity contribution is 0.588. The van der Waals surface area contributed by atoms with Crippen molar-refractivity contribution in [2.24, 2.45) is 0 Å². The number of imidazole rings is 1. The van der Waals surface area contributed by atoms with Gasteiger partial charge in [0.1, 0.15) is 17.5 Å². The van der Waals surface area contributed by atoms with Crippen LogP contribution >= 0.6 is 39.7 Å². The van der Waals surface area contributed by atoms with E-state index in [1.54, 1.807) is 0 Å². The van der Waals surface area contributed by atoms with Crippen LogP contribution in [0.25, 0.3) is 16.7 Å². The van der Waals surface area contributed by atoms with Gasteiger partial charge in [-0.3, -0.25) is 4.57 Å². The van der Waals surface area contributed by atoms with Crippen molar-refractivity contribution in [2.45, 2.75) is 0 Å². The molecular formula is C13H5BrClF3N2S. The highest BCUT2D eigenvalue weighted by Crippen LogP contribution is 2.28. The van der Waals surface area contributed by atoms with E-state index in [0.29, 0.717) is 11.0 Å². The van der Waals surface area contributed by atoms with Crippen molar-refractivity contribution in [1.82, 2.24) is 9.55 Å². The van der Waals surface area contributed by atoms with Gasteiger partial charge in [0, 0.05) is 12.1 Å². The van der Waals surface area contributed by atoms with E-state index in [9.17, 15) is 13.2 Å². The molecule has 0 amide bonds. The second-order valence-electron chi connectivity index (χ2n) is 4.27. The Labute approximate surface area is 135 Å². The average Bonchev–Trinajstić information content (AvgIpc) is 2.70. The predicted octanol–water partition coefficient (Wildman–Crippen LogP) is 5.52. The van der Waals surface area contributed by atoms with Crippen molar-refractivity contribution in [1.29, 1.82) is 0 Å². The first-order valence-corrected chi connectivity index (χ1v) is 7.21. The third kappa shape index (κ3) is 2.39. The van der Waals surface area contributed by atoms with Gasteiger partial charge in [-0.1, -0.05) is 11.6 Å². The van der Waals surface area contributed by atoms with Crippen LogP contribution in [-0.4, -0.2) is 9.55 Å². The number of hydrogen-bond donors (Lipinski definition) is 1. The van der Waals surface area contributed by atoms with E-state index < -0.39 is 17.5 Å². The van der Waals surface area contributed by atoms with Crippen LogP contribution in [0.3, 0.4) is 0 Å². The number of benzene rings is 2. The Balaban J connectivity index is 2.40. The summed E-state index contributed by atoms with van der Waals surface area (Å²) < 4.78 is 42.6. The maximum absolute atomic E-state index is 14.1. The van der Waals surface area contributed by atoms with Crippen LogP contribution in [0.4, 0.5) is 13.2 Å². The Bertz CT molecular complexity index is 935. The van der Waals surface area contributed by atoms with Crippen LogP contribution < -0.4 is 0 Å². The van der Waals surface area contributed by atoms with Gasteiger partial charge in [-0.25, -0.2) is 13.2 Å². The summed E-state index contributed by atoms with van der Waals surface area (Å²) in [4.78, 5) is 2.73. The number of hydrogen-bond acceptors (Lipinski definition) is 1. The fourth-order valence-corrected chi connectivity index (χ4v) is 2.80. The molecule has 0 aliphatic rings. The minimum atomic E-state index is -0.680. The summed E-state index contributed by atoms with van der Waals surface area (Å²) in [6.45, 7) is 0. The molecule has 0 saturated carbocycles. The predicted molar refractivity (Wildman–Crippen MR) is 81.0 cm³/mol. The van der Waals surface area contributed by atoms with Gasteiger partial charge in [-0.05, 0) is 40.3 Å². The average molecular weight is 394 g/mol. The molecule has 0 aliphatic carbocycles. The maximum atomic E-state index is 14.1. The zero-order chi connectivity index (χ0) is 15.3. The molecule has 0 unspecified atom stereocenters. The first-order valence-electron chi connectivity index (χ1n) is 5.63. The lowest BCUT2D eigenvalue weighted by Crippen LogP contribution is -1.99. The van der Waals surface area contributed by atoms with Crippen molar-refractivity contribution in [3.63, 3.8) is 0 Å². The van der Waals surface area contributed by atoms with E-state index in [1.807, 2.05) is 0 Å². The molecule has 0 radical (unpaired) electrons. The Kier molecular flexibility index (Phi) is 3.59. The zero-order valence-corrected chi connectivity index (χ0v) is 13.2. The van der Waals surface area contributed by atoms with Crippen LogP contribution in [0.15, 0.2) is 28.7 Å². The van der Waals surface area contributed by atoms with E-state index in [4.69, 9.17) is 23.8 Å². The molecule has 0 atom stereocenters. The number of aromatic amines is 1. The molecule has 0 aliphatic heterocycles. The Morgan fingerprint density at radius 2 is 1.76 bits per heavy atom. The fraction of sp³-hybridized carbons (Fsp3) is 0. The summed E-state index contributed by atoms with van der Waals surface area (Å²) >= 11 is 13.7. The fourth-order valence-electron chi connectivity index (χ4n) is 2.02. The smallest absolute Gasteiger partial charge is 0.182 e. The Morgan fingerprint density at radius 3 is 2.48 bits per heavy atom. The number of halogens is 5. The third-order valence-corrected chi connectivity index (χ3v) is 4.14. The number of rotatable bonds is 1. The highest BCUT2D eigenvalue weighted by atomic mass is 79.9. The first kappa shape index (κ1) is 14.6. The summed E-state index contributed by atoms with van der Waals surface area (Å²) in [6.07, 6.45) is 0. The molecule has 0 fully saturated rings. The lowest BCUT2D eigenvalue weighted by atomic mass is 10.2. The van der Waals surface area contributed by atoms with Crippen LogP contribution in [0.1, 0.15) is 0 Å². The van der Waals surface area contributed by atoms with Gasteiger partial charge in [0.2, 0.25) is 0 Å². The van der Waals surface area contributed by atoms with Crippen molar-refractivity contribution in [2.75, 3.05) is 0 Å². The van der Waals surface area contributed by atoms with Gasteiger partial charge in [0.15, 0.2) is 4.77 Å². The summed E-state index contributed by atoms with van der Waals surface area (Å²) in [5, 5.41) is -0.136. The summed E-state index contributed by atoms with van der Waals surface area (Å²) in [6, 6.07) is 4.45. The lowest BCUT2D eigenvalue weighted by Gasteiger charge is -2.08. The van der Waals surface area contributed by atoms with Gasteiger partial charge in [0.05, 0.1) is 26.2 Å². The van der Waals surface area contributed by atoms with Gasteiger partial charge in [-0.15, -0.1) is 0 Å². The largest absolute Gasteiger partial charge is 0.330 e. The molecule has 2 nitrogen and oxygen atoms in total. The van der Waals surface area contributed by atoms with Gasteiger partial charge >= 0.3 is 0 Å². The molecule has 0 bridgehead atoms. The van der Waals surface area contributed by atoms with E-state index in [1.165, 1.54) is 10.6 Å². The van der Waals surface area contributed by atoms with Crippen LogP contribution in [-0.2, 0) is 0 Å². The molecule has 2 aromatic carbocycles. The minimum Gasteiger partial charge on any atom is -0.330 e. The number of nitrogens with one attached hydrogen (secondary N) is 1. The molecule has 1 aromatic heterocycles. The van der Waals surface area contributed by atoms with E-state index >= 15 is 0 Å². The normalized spacial score (nSPS) is 11.3. The second-order valence-corrected chi connectivity index (χ2v) is 5.91. The maximum Gasteiger partial charge on any atom is 0.182 e. The monoisotopic (exact) mass is 392 g/mol. The van der Waals surface area contributed by atoms with E-state index in [0.717, 1.165) is 18.2 Å². The molecule has 21 heavy (non-hydrogen) atoms. The summed E-state index contributed by atoms with van der Waals surface area (Å²) in [5.74, 6) is -1.95. The topological polar surface area (TPSA) is 20.7 Å². The molecule has 3 rings (SSSR count). The molecule has 0 saturated heterocycles. The van der Waals surface area contributed by atoms with Gasteiger partial charge < -0.3 is 4.98 Å². The quantitative estimate of drug-likeness (QED) is 0.426. The molecule has 3 aromatic rings. The highest BCUT2D eigenvalue weighted by molar-refractivity contribution is 9.10. The molecule has 8 heteroatoms. The van der Waals surface area contributed by atoms with Crippen molar-refractivity contribution in [3.05, 3.63) is 56.0 Å². The molecular weight excluding hydrogens is 389 g/mol. The van der Waals surface area contributed by atoms with Gasteiger partial charge in [0.25, 0.3) is 0 Å². The van der Waals surface area contributed by atoms with Crippen LogP contribution in [0.2, 0.25) is 5.02 Å². The molecule has 1 N–H and O–H groups in total. The van der Waals surface area contributed by atoms with Crippen molar-refractivity contribution in [3.8, 4) is 5.69 Å². The van der Waals surface area contributed by atoms with Crippen molar-refractivity contribution >= 4 is 50.8 Å². The number of H-pyrrole nitrogens is 1. The highest BCUT2D eigenvalue weighted by Gasteiger charge is 2.15. The molecule has 1 heterocycles. The zero-order valence-electron chi connectivity index (χ0n) is 10.1. The minimum absolute atomic E-state index is 0.000753. The molecule has 108 valence electrons. The van der Waals surface area contributed by atoms with Crippen LogP contribution in [0.5, 0.6) is 0 Å².